The highest BCUT2D eigenvalue weighted by Crippen LogP contribution is 2.64. The summed E-state index contributed by atoms with van der Waals surface area (Å²) < 4.78 is 78.0. The van der Waals surface area contributed by atoms with Crippen molar-refractivity contribution < 1.29 is 41.7 Å². The van der Waals surface area contributed by atoms with E-state index in [-0.39, 0.29) is 17.9 Å². The quantitative estimate of drug-likeness (QED) is 0.215. The van der Waals surface area contributed by atoms with E-state index in [1.165, 1.54) is 0 Å². The van der Waals surface area contributed by atoms with Crippen LogP contribution >= 0.6 is 0 Å². The molecule has 0 radical (unpaired) electrons. The van der Waals surface area contributed by atoms with Crippen LogP contribution < -0.4 is 0 Å². The summed E-state index contributed by atoms with van der Waals surface area (Å²) in [6.07, 6.45) is 1.37. The maximum Gasteiger partial charge on any atom is 0.429 e. The van der Waals surface area contributed by atoms with E-state index in [1.54, 1.807) is 0 Å². The molecule has 0 saturated heterocycles. The Balaban J connectivity index is 1.60. The minimum Gasteiger partial charge on any atom is -0.393 e. The highest BCUT2D eigenvalue weighted by atomic mass is 19.4. The van der Waals surface area contributed by atoms with Gasteiger partial charge in [-0.2, -0.15) is 26.3 Å². The van der Waals surface area contributed by atoms with E-state index in [4.69, 9.17) is 0 Å². The Hall–Kier alpha value is -1.58. The Morgan fingerprint density at radius 3 is 2.16 bits per heavy atom. The summed E-state index contributed by atoms with van der Waals surface area (Å²) in [6, 6.07) is 0. The smallest absolute Gasteiger partial charge is 0.393 e. The predicted molar refractivity (Wildman–Crippen MR) is 129 cm³/mol. The molecule has 210 valence electrons. The lowest BCUT2D eigenvalue weighted by atomic mass is 9.71. The Morgan fingerprint density at radius 2 is 1.62 bits per heavy atom. The molecule has 0 spiro atoms. The molecular formula is C28H38F6O3. The molecule has 3 atom stereocenters. The van der Waals surface area contributed by atoms with Crippen molar-refractivity contribution in [1.29, 1.82) is 0 Å². The van der Waals surface area contributed by atoms with Crippen LogP contribution in [0.5, 0.6) is 0 Å². The molecule has 0 bridgehead atoms. The van der Waals surface area contributed by atoms with Crippen LogP contribution in [-0.4, -0.2) is 45.5 Å². The summed E-state index contributed by atoms with van der Waals surface area (Å²) in [6.45, 7) is 4.15. The van der Waals surface area contributed by atoms with Crippen LogP contribution in [0.2, 0.25) is 0 Å². The topological polar surface area (TPSA) is 60.7 Å². The third-order valence-corrected chi connectivity index (χ3v) is 8.29. The zero-order valence-electron chi connectivity index (χ0n) is 21.4. The maximum atomic E-state index is 13.0. The van der Waals surface area contributed by atoms with Crippen LogP contribution in [0, 0.1) is 10.8 Å². The zero-order chi connectivity index (χ0) is 27.7. The lowest BCUT2D eigenvalue weighted by Gasteiger charge is -2.34. The van der Waals surface area contributed by atoms with Gasteiger partial charge in [-0.15, -0.1) is 0 Å². The molecule has 3 N–H and O–H groups in total. The van der Waals surface area contributed by atoms with Gasteiger partial charge in [0.2, 0.25) is 0 Å². The first kappa shape index (κ1) is 30.0. The zero-order valence-corrected chi connectivity index (χ0v) is 21.4. The Kier molecular flexibility index (Phi) is 8.82. The van der Waals surface area contributed by atoms with E-state index in [0.29, 0.717) is 32.1 Å². The van der Waals surface area contributed by atoms with Gasteiger partial charge in [-0.05, 0) is 94.5 Å². The van der Waals surface area contributed by atoms with Crippen LogP contribution in [0.15, 0.2) is 47.1 Å². The lowest BCUT2D eigenvalue weighted by Crippen LogP contribution is -2.55. The Morgan fingerprint density at radius 1 is 1.03 bits per heavy atom. The number of rotatable bonds is 9. The van der Waals surface area contributed by atoms with Crippen LogP contribution in [0.25, 0.3) is 0 Å². The fourth-order valence-electron chi connectivity index (χ4n) is 5.98. The number of aliphatic hydroxyl groups excluding tert-OH is 2. The molecule has 0 amide bonds. The first-order valence-corrected chi connectivity index (χ1v) is 13.0. The molecule has 3 aliphatic carbocycles. The van der Waals surface area contributed by atoms with Crippen molar-refractivity contribution in [3.63, 3.8) is 0 Å². The van der Waals surface area contributed by atoms with Crippen molar-refractivity contribution >= 4 is 0 Å². The van der Waals surface area contributed by atoms with Crippen molar-refractivity contribution in [3.8, 4) is 0 Å². The predicted octanol–water partition coefficient (Wildman–Crippen LogP) is 7.24. The summed E-state index contributed by atoms with van der Waals surface area (Å²) in [5.41, 5.74) is -2.14. The number of halogens is 6. The van der Waals surface area contributed by atoms with Gasteiger partial charge in [-0.25, -0.2) is 0 Å². The van der Waals surface area contributed by atoms with Gasteiger partial charge in [0.05, 0.1) is 12.2 Å². The Bertz CT molecular complexity index is 913. The summed E-state index contributed by atoms with van der Waals surface area (Å²) in [4.78, 5) is 0. The molecule has 0 aliphatic heterocycles. The summed E-state index contributed by atoms with van der Waals surface area (Å²) in [5.74, 6) is 0. The number of hydrogen-bond acceptors (Lipinski definition) is 3. The molecule has 2 fully saturated rings. The van der Waals surface area contributed by atoms with Crippen LogP contribution in [0.3, 0.4) is 0 Å². The fraction of sp³-hybridized carbons (Fsp3) is 0.714. The average molecular weight is 537 g/mol. The molecule has 3 rings (SSSR count). The van der Waals surface area contributed by atoms with E-state index in [0.717, 1.165) is 54.9 Å². The highest BCUT2D eigenvalue weighted by Gasteiger charge is 2.69. The second-order valence-corrected chi connectivity index (χ2v) is 11.5. The van der Waals surface area contributed by atoms with Crippen molar-refractivity contribution in [3.05, 3.63) is 47.1 Å². The molecular weight excluding hydrogens is 498 g/mol. The number of alkyl halides is 6. The summed E-state index contributed by atoms with van der Waals surface area (Å²) in [5, 5.41) is 29.1. The normalized spacial score (nSPS) is 30.3. The van der Waals surface area contributed by atoms with Gasteiger partial charge >= 0.3 is 12.4 Å². The second kappa shape index (κ2) is 10.9. The number of allylic oxidation sites excluding steroid dienone is 6. The number of hydrogen-bond donors (Lipinski definition) is 3. The van der Waals surface area contributed by atoms with Crippen LogP contribution in [0.4, 0.5) is 26.3 Å². The van der Waals surface area contributed by atoms with E-state index < -0.39 is 35.6 Å². The maximum absolute atomic E-state index is 13.0. The van der Waals surface area contributed by atoms with Gasteiger partial charge in [0.15, 0.2) is 0 Å². The lowest BCUT2D eigenvalue weighted by molar-refractivity contribution is -0.347. The molecule has 2 saturated carbocycles. The van der Waals surface area contributed by atoms with Crippen molar-refractivity contribution in [2.75, 3.05) is 0 Å². The van der Waals surface area contributed by atoms with E-state index in [9.17, 15) is 41.7 Å². The second-order valence-electron chi connectivity index (χ2n) is 11.5. The molecule has 0 aromatic heterocycles. The standard InChI is InChI=1S/C28H38F6O3/c1-19(8-9-20-16-21(35)18-22(36)17-20)6-3-10-24(2)11-4-7-23(24)25(14-15-25)12-5-13-26(37,27(29,30)31)28(32,33)34/h5,7-9,13,21-22,35-37H,3-4,6,10-12,14-18H2,1-2H3/b13-5+,19-8-,20-9?/t21-,22?,24+/m1/s1. The molecule has 0 heterocycles. The van der Waals surface area contributed by atoms with Gasteiger partial charge in [-0.1, -0.05) is 47.9 Å². The number of aliphatic hydroxyl groups is 3. The molecule has 3 nitrogen and oxygen atoms in total. The first-order valence-electron chi connectivity index (χ1n) is 13.0. The van der Waals surface area contributed by atoms with Gasteiger partial charge in [0.25, 0.3) is 5.60 Å². The molecule has 37 heavy (non-hydrogen) atoms. The van der Waals surface area contributed by atoms with Crippen molar-refractivity contribution in [2.24, 2.45) is 10.8 Å². The summed E-state index contributed by atoms with van der Waals surface area (Å²) >= 11 is 0. The van der Waals surface area contributed by atoms with E-state index >= 15 is 0 Å². The third kappa shape index (κ3) is 6.90. The van der Waals surface area contributed by atoms with Gasteiger partial charge in [0, 0.05) is 0 Å². The third-order valence-electron chi connectivity index (χ3n) is 8.29. The molecule has 0 aromatic carbocycles. The molecule has 9 heteroatoms. The molecule has 0 aromatic rings. The Labute approximate surface area is 214 Å². The SMILES string of the molecule is C/C(=C/C=C1CC(O)C[C@H](O)C1)CCC[C@@]1(C)CCC=C1C1(C/C=C/C(O)(C(F)(F)F)C(F)(F)F)CC1. The largest absolute Gasteiger partial charge is 0.429 e. The van der Waals surface area contributed by atoms with Crippen molar-refractivity contribution in [1.82, 2.24) is 0 Å². The average Bonchev–Trinajstić information content (AvgIpc) is 3.43. The van der Waals surface area contributed by atoms with Crippen molar-refractivity contribution in [2.45, 2.75) is 115 Å². The minimum absolute atomic E-state index is 0.0348. The van der Waals surface area contributed by atoms with Gasteiger partial charge in [0.1, 0.15) is 0 Å². The monoisotopic (exact) mass is 536 g/mol. The molecule has 1 unspecified atom stereocenters. The first-order chi connectivity index (χ1) is 17.0. The highest BCUT2D eigenvalue weighted by molar-refractivity contribution is 5.33. The van der Waals surface area contributed by atoms with E-state index in [1.807, 2.05) is 19.1 Å². The van der Waals surface area contributed by atoms with Crippen LogP contribution in [-0.2, 0) is 0 Å². The minimum atomic E-state index is -5.85. The molecule has 3 aliphatic rings. The van der Waals surface area contributed by atoms with Gasteiger partial charge in [-0.3, -0.25) is 0 Å². The fourth-order valence-corrected chi connectivity index (χ4v) is 5.98. The van der Waals surface area contributed by atoms with Crippen LogP contribution in [0.1, 0.15) is 84.5 Å². The van der Waals surface area contributed by atoms with E-state index in [2.05, 4.69) is 13.0 Å². The van der Waals surface area contributed by atoms with Gasteiger partial charge < -0.3 is 15.3 Å². The summed E-state index contributed by atoms with van der Waals surface area (Å²) in [7, 11) is 0.